The molecular formula is C10H14BrNOS. The van der Waals surface area contributed by atoms with Crippen molar-refractivity contribution in [2.45, 2.75) is 25.4 Å². The van der Waals surface area contributed by atoms with Crippen molar-refractivity contribution in [1.29, 1.82) is 0 Å². The molecule has 1 fully saturated rings. The third-order valence-corrected chi connectivity index (χ3v) is 3.98. The lowest BCUT2D eigenvalue weighted by atomic mass is 10.1. The molecule has 0 aliphatic carbocycles. The van der Waals surface area contributed by atoms with Gasteiger partial charge in [0.15, 0.2) is 0 Å². The number of hydrogen-bond donors (Lipinski definition) is 1. The number of thiophene rings is 1. The quantitative estimate of drug-likeness (QED) is 0.916. The first-order valence-electron chi connectivity index (χ1n) is 4.90. The number of ether oxygens (including phenoxy) is 1. The van der Waals surface area contributed by atoms with Gasteiger partial charge in [-0.2, -0.15) is 0 Å². The Kier molecular flexibility index (Phi) is 3.99. The van der Waals surface area contributed by atoms with Crippen LogP contribution in [0.15, 0.2) is 15.9 Å². The molecule has 2 rings (SSSR count). The molecule has 1 saturated heterocycles. The van der Waals surface area contributed by atoms with Gasteiger partial charge < -0.3 is 10.1 Å². The Bertz CT molecular complexity index is 283. The minimum atomic E-state index is 0.546. The fourth-order valence-electron chi connectivity index (χ4n) is 1.59. The molecule has 2 nitrogen and oxygen atoms in total. The van der Waals surface area contributed by atoms with Gasteiger partial charge in [-0.05, 0) is 40.9 Å². The van der Waals surface area contributed by atoms with E-state index in [2.05, 4.69) is 33.4 Å². The van der Waals surface area contributed by atoms with E-state index in [1.54, 1.807) is 11.3 Å². The molecule has 0 amide bonds. The van der Waals surface area contributed by atoms with E-state index < -0.39 is 0 Å². The molecule has 4 heteroatoms. The van der Waals surface area contributed by atoms with Crippen molar-refractivity contribution in [2.75, 3.05) is 13.2 Å². The second-order valence-corrected chi connectivity index (χ2v) is 6.05. The van der Waals surface area contributed by atoms with Gasteiger partial charge in [0.05, 0.1) is 10.4 Å². The van der Waals surface area contributed by atoms with Crippen molar-refractivity contribution >= 4 is 27.3 Å². The molecule has 0 aromatic carbocycles. The molecule has 2 heterocycles. The summed E-state index contributed by atoms with van der Waals surface area (Å²) in [7, 11) is 0. The minimum absolute atomic E-state index is 0.546. The van der Waals surface area contributed by atoms with E-state index in [9.17, 15) is 0 Å². The van der Waals surface area contributed by atoms with Crippen molar-refractivity contribution < 1.29 is 4.74 Å². The summed E-state index contributed by atoms with van der Waals surface area (Å²) in [5.74, 6) is 0. The smallest absolute Gasteiger partial charge is 0.0701 e. The van der Waals surface area contributed by atoms with Crippen LogP contribution in [0, 0.1) is 0 Å². The van der Waals surface area contributed by atoms with Crippen LogP contribution in [0.5, 0.6) is 0 Å². The maximum absolute atomic E-state index is 5.41. The highest BCUT2D eigenvalue weighted by Gasteiger charge is 2.12. The molecule has 1 N–H and O–H groups in total. The minimum Gasteiger partial charge on any atom is -0.380 e. The molecule has 1 aromatic heterocycles. The standard InChI is InChI=1S/C10H14BrNOS/c11-10-4-3-9(14-10)6-12-8-2-1-5-13-7-8/h3-4,8,12H,1-2,5-7H2/t8-/m1/s1. The molecule has 0 unspecified atom stereocenters. The second-order valence-electron chi connectivity index (χ2n) is 3.50. The summed E-state index contributed by atoms with van der Waals surface area (Å²) in [6.45, 7) is 2.76. The zero-order valence-corrected chi connectivity index (χ0v) is 10.4. The molecular weight excluding hydrogens is 262 g/mol. The lowest BCUT2D eigenvalue weighted by molar-refractivity contribution is 0.0700. The van der Waals surface area contributed by atoms with Gasteiger partial charge in [-0.3, -0.25) is 0 Å². The third kappa shape index (κ3) is 3.05. The Morgan fingerprint density at radius 2 is 2.50 bits per heavy atom. The van der Waals surface area contributed by atoms with Crippen LogP contribution in [0.4, 0.5) is 0 Å². The van der Waals surface area contributed by atoms with Crippen LogP contribution >= 0.6 is 27.3 Å². The summed E-state index contributed by atoms with van der Waals surface area (Å²) in [4.78, 5) is 1.38. The van der Waals surface area contributed by atoms with E-state index in [4.69, 9.17) is 4.74 Å². The second kappa shape index (κ2) is 5.26. The number of halogens is 1. The van der Waals surface area contributed by atoms with Gasteiger partial charge in [0.2, 0.25) is 0 Å². The zero-order chi connectivity index (χ0) is 9.80. The van der Waals surface area contributed by atoms with Gasteiger partial charge in [-0.1, -0.05) is 0 Å². The average Bonchev–Trinajstić information content (AvgIpc) is 2.63. The average molecular weight is 276 g/mol. The van der Waals surface area contributed by atoms with E-state index in [0.717, 1.165) is 19.8 Å². The molecule has 1 aliphatic rings. The van der Waals surface area contributed by atoms with Crippen LogP contribution in [0.1, 0.15) is 17.7 Å². The lowest BCUT2D eigenvalue weighted by Crippen LogP contribution is -2.36. The molecule has 0 saturated carbocycles. The molecule has 1 aromatic rings. The number of hydrogen-bond acceptors (Lipinski definition) is 3. The summed E-state index contributed by atoms with van der Waals surface area (Å²) in [5.41, 5.74) is 0. The molecule has 0 spiro atoms. The summed E-state index contributed by atoms with van der Waals surface area (Å²) < 4.78 is 6.61. The van der Waals surface area contributed by atoms with Gasteiger partial charge in [0.1, 0.15) is 0 Å². The molecule has 0 bridgehead atoms. The fraction of sp³-hybridized carbons (Fsp3) is 0.600. The van der Waals surface area contributed by atoms with E-state index >= 15 is 0 Å². The molecule has 1 aliphatic heterocycles. The largest absolute Gasteiger partial charge is 0.380 e. The van der Waals surface area contributed by atoms with Crippen LogP contribution in [-0.2, 0) is 11.3 Å². The Morgan fingerprint density at radius 1 is 1.57 bits per heavy atom. The summed E-state index contributed by atoms with van der Waals surface area (Å²) in [5, 5.41) is 3.52. The first-order chi connectivity index (χ1) is 6.84. The highest BCUT2D eigenvalue weighted by molar-refractivity contribution is 9.11. The van der Waals surface area contributed by atoms with Crippen molar-refractivity contribution in [3.05, 3.63) is 20.8 Å². The van der Waals surface area contributed by atoms with Gasteiger partial charge in [-0.15, -0.1) is 11.3 Å². The van der Waals surface area contributed by atoms with E-state index in [1.165, 1.54) is 21.5 Å². The van der Waals surface area contributed by atoms with E-state index in [1.807, 2.05) is 0 Å². The van der Waals surface area contributed by atoms with Gasteiger partial charge >= 0.3 is 0 Å². The predicted molar refractivity (Wildman–Crippen MR) is 62.7 cm³/mol. The highest BCUT2D eigenvalue weighted by atomic mass is 79.9. The van der Waals surface area contributed by atoms with Crippen molar-refractivity contribution in [3.63, 3.8) is 0 Å². The lowest BCUT2D eigenvalue weighted by Gasteiger charge is -2.22. The normalized spacial score (nSPS) is 22.5. The van der Waals surface area contributed by atoms with E-state index in [-0.39, 0.29) is 0 Å². The van der Waals surface area contributed by atoms with Crippen LogP contribution in [0.2, 0.25) is 0 Å². The van der Waals surface area contributed by atoms with Crippen molar-refractivity contribution in [1.82, 2.24) is 5.32 Å². The van der Waals surface area contributed by atoms with Crippen LogP contribution in [0.3, 0.4) is 0 Å². The first-order valence-corrected chi connectivity index (χ1v) is 6.51. The predicted octanol–water partition coefficient (Wildman–Crippen LogP) is 2.78. The van der Waals surface area contributed by atoms with Crippen LogP contribution in [-0.4, -0.2) is 19.3 Å². The summed E-state index contributed by atoms with van der Waals surface area (Å²) in [6.07, 6.45) is 2.43. The summed E-state index contributed by atoms with van der Waals surface area (Å²) >= 11 is 5.25. The Labute approximate surface area is 96.8 Å². The number of rotatable bonds is 3. The monoisotopic (exact) mass is 275 g/mol. The maximum Gasteiger partial charge on any atom is 0.0701 e. The third-order valence-electron chi connectivity index (χ3n) is 2.35. The van der Waals surface area contributed by atoms with Gasteiger partial charge in [-0.25, -0.2) is 0 Å². The Morgan fingerprint density at radius 3 is 3.14 bits per heavy atom. The first kappa shape index (κ1) is 10.6. The molecule has 14 heavy (non-hydrogen) atoms. The molecule has 1 atom stereocenters. The Balaban J connectivity index is 1.76. The summed E-state index contributed by atoms with van der Waals surface area (Å²) in [6, 6.07) is 4.80. The highest BCUT2D eigenvalue weighted by Crippen LogP contribution is 2.22. The number of nitrogens with one attached hydrogen (secondary N) is 1. The van der Waals surface area contributed by atoms with Crippen LogP contribution < -0.4 is 5.32 Å². The van der Waals surface area contributed by atoms with Crippen molar-refractivity contribution in [2.24, 2.45) is 0 Å². The van der Waals surface area contributed by atoms with Gasteiger partial charge in [0.25, 0.3) is 0 Å². The van der Waals surface area contributed by atoms with Crippen LogP contribution in [0.25, 0.3) is 0 Å². The van der Waals surface area contributed by atoms with E-state index in [0.29, 0.717) is 6.04 Å². The molecule has 78 valence electrons. The SMILES string of the molecule is Brc1ccc(CN[C@@H]2CCCOC2)s1. The molecule has 0 radical (unpaired) electrons. The maximum atomic E-state index is 5.41. The van der Waals surface area contributed by atoms with Crippen molar-refractivity contribution in [3.8, 4) is 0 Å². The Hall–Kier alpha value is 0.1000. The van der Waals surface area contributed by atoms with Gasteiger partial charge in [0, 0.05) is 24.1 Å². The zero-order valence-electron chi connectivity index (χ0n) is 7.96. The topological polar surface area (TPSA) is 21.3 Å². The fourth-order valence-corrected chi connectivity index (χ4v) is 3.03.